The van der Waals surface area contributed by atoms with Crippen LogP contribution in [0.15, 0.2) is 36.4 Å². The van der Waals surface area contributed by atoms with Gasteiger partial charge in [0.2, 0.25) is 0 Å². The molecule has 3 N–H and O–H groups in total. The smallest absolute Gasteiger partial charge is 0.163 e. The summed E-state index contributed by atoms with van der Waals surface area (Å²) in [7, 11) is 0. The van der Waals surface area contributed by atoms with Crippen LogP contribution in [0, 0.1) is 12.7 Å². The topological polar surface area (TPSA) is 87.8 Å². The number of nitrogens with zero attached hydrogens (tertiary/aromatic N) is 3. The van der Waals surface area contributed by atoms with E-state index in [0.29, 0.717) is 29.3 Å². The summed E-state index contributed by atoms with van der Waals surface area (Å²) in [6.07, 6.45) is 1.86. The highest BCUT2D eigenvalue weighted by molar-refractivity contribution is 5.64. The van der Waals surface area contributed by atoms with E-state index in [1.165, 1.54) is 12.1 Å². The summed E-state index contributed by atoms with van der Waals surface area (Å²) >= 11 is 0. The maximum absolute atomic E-state index is 13.3. The summed E-state index contributed by atoms with van der Waals surface area (Å²) in [5.41, 5.74) is 1.69. The number of halogens is 1. The van der Waals surface area contributed by atoms with Crippen LogP contribution in [0.25, 0.3) is 11.4 Å². The first-order chi connectivity index (χ1) is 13.2. The third kappa shape index (κ3) is 4.40. The lowest BCUT2D eigenvalue weighted by Gasteiger charge is -2.24. The number of benzene rings is 1. The van der Waals surface area contributed by atoms with E-state index < -0.39 is 0 Å². The Morgan fingerprint density at radius 1 is 1.07 bits per heavy atom. The molecule has 1 aromatic carbocycles. The van der Waals surface area contributed by atoms with Crippen LogP contribution in [0.3, 0.4) is 0 Å². The standard InChI is InChI=1S/C19H21FN6O.H2/c1-12-10-18(26-25-12)22-17-11-16(21-15-6-8-27-9-7-15)23-19(24-17)13-2-4-14(20)5-3-13;/h2-5,10-11,15H,6-9H2,1H3,(H3,21,22,23,24,25,26);1H. The Bertz CT molecular complexity index is 911. The first kappa shape index (κ1) is 17.4. The number of aryl methyl sites for hydroxylation is 1. The van der Waals surface area contributed by atoms with Crippen LogP contribution in [-0.4, -0.2) is 39.4 Å². The summed E-state index contributed by atoms with van der Waals surface area (Å²) in [5, 5.41) is 13.7. The minimum absolute atomic E-state index is 0. The number of anilines is 3. The molecule has 7 nitrogen and oxygen atoms in total. The molecule has 3 aromatic rings. The number of H-pyrrole nitrogens is 1. The van der Waals surface area contributed by atoms with E-state index >= 15 is 0 Å². The molecule has 4 rings (SSSR count). The van der Waals surface area contributed by atoms with Crippen molar-refractivity contribution in [3.8, 4) is 11.4 Å². The van der Waals surface area contributed by atoms with Gasteiger partial charge in [0.05, 0.1) is 0 Å². The molecule has 27 heavy (non-hydrogen) atoms. The van der Waals surface area contributed by atoms with Crippen LogP contribution in [0.5, 0.6) is 0 Å². The normalized spacial score (nSPS) is 14.9. The molecule has 0 saturated carbocycles. The van der Waals surface area contributed by atoms with E-state index in [0.717, 1.165) is 37.3 Å². The highest BCUT2D eigenvalue weighted by Crippen LogP contribution is 2.24. The second-order valence-electron chi connectivity index (χ2n) is 6.56. The zero-order valence-electron chi connectivity index (χ0n) is 15.0. The van der Waals surface area contributed by atoms with Crippen molar-refractivity contribution in [2.75, 3.05) is 23.8 Å². The molecule has 1 saturated heterocycles. The molecule has 1 aliphatic rings. The Hall–Kier alpha value is -3.00. The minimum Gasteiger partial charge on any atom is -0.381 e. The highest BCUT2D eigenvalue weighted by atomic mass is 19.1. The van der Waals surface area contributed by atoms with E-state index in [2.05, 4.69) is 30.8 Å². The zero-order chi connectivity index (χ0) is 18.6. The average molecular weight is 370 g/mol. The molecule has 1 aliphatic heterocycles. The Kier molecular flexibility index (Phi) is 4.97. The van der Waals surface area contributed by atoms with Gasteiger partial charge in [-0.3, -0.25) is 5.10 Å². The number of aromatic amines is 1. The van der Waals surface area contributed by atoms with Crippen molar-refractivity contribution in [2.24, 2.45) is 0 Å². The lowest BCUT2D eigenvalue weighted by molar-refractivity contribution is 0.0904. The predicted molar refractivity (Wildman–Crippen MR) is 104 cm³/mol. The largest absolute Gasteiger partial charge is 0.381 e. The molecule has 0 aliphatic carbocycles. The summed E-state index contributed by atoms with van der Waals surface area (Å²) < 4.78 is 18.7. The van der Waals surface area contributed by atoms with Gasteiger partial charge in [-0.2, -0.15) is 5.10 Å². The van der Waals surface area contributed by atoms with Gasteiger partial charge >= 0.3 is 0 Å². The van der Waals surface area contributed by atoms with Gasteiger partial charge in [-0.15, -0.1) is 0 Å². The molecule has 142 valence electrons. The van der Waals surface area contributed by atoms with Gasteiger partial charge in [0.1, 0.15) is 17.5 Å². The van der Waals surface area contributed by atoms with Crippen molar-refractivity contribution in [3.63, 3.8) is 0 Å². The lowest BCUT2D eigenvalue weighted by Crippen LogP contribution is -2.28. The van der Waals surface area contributed by atoms with Gasteiger partial charge in [0.25, 0.3) is 0 Å². The monoisotopic (exact) mass is 370 g/mol. The van der Waals surface area contributed by atoms with Gasteiger partial charge in [0, 0.05) is 44.1 Å². The van der Waals surface area contributed by atoms with Gasteiger partial charge in [-0.25, -0.2) is 14.4 Å². The molecule has 0 atom stereocenters. The maximum Gasteiger partial charge on any atom is 0.163 e. The molecular weight excluding hydrogens is 347 g/mol. The fourth-order valence-electron chi connectivity index (χ4n) is 2.98. The minimum atomic E-state index is -0.291. The first-order valence-corrected chi connectivity index (χ1v) is 8.94. The number of nitrogens with one attached hydrogen (secondary N) is 3. The van der Waals surface area contributed by atoms with Crippen molar-refractivity contribution < 1.29 is 10.6 Å². The van der Waals surface area contributed by atoms with Crippen LogP contribution in [0.4, 0.5) is 21.8 Å². The van der Waals surface area contributed by atoms with Crippen LogP contribution in [0.1, 0.15) is 20.0 Å². The summed E-state index contributed by atoms with van der Waals surface area (Å²) in [6, 6.07) is 10.2. The molecule has 0 spiro atoms. The third-order valence-electron chi connectivity index (χ3n) is 4.36. The van der Waals surface area contributed by atoms with Crippen molar-refractivity contribution in [1.82, 2.24) is 20.2 Å². The summed E-state index contributed by atoms with van der Waals surface area (Å²) in [5.74, 6) is 2.23. The third-order valence-corrected chi connectivity index (χ3v) is 4.36. The SMILES string of the molecule is Cc1cc(Nc2cc(NC3CCOCC3)nc(-c3ccc(F)cc3)n2)n[nH]1.[HH]. The fraction of sp³-hybridized carbons (Fsp3) is 0.316. The summed E-state index contributed by atoms with van der Waals surface area (Å²) in [6.45, 7) is 3.41. The van der Waals surface area contributed by atoms with Gasteiger partial charge in [0.15, 0.2) is 11.6 Å². The van der Waals surface area contributed by atoms with E-state index in [4.69, 9.17) is 4.74 Å². The molecule has 8 heteroatoms. The lowest BCUT2D eigenvalue weighted by atomic mass is 10.1. The first-order valence-electron chi connectivity index (χ1n) is 8.94. The van der Waals surface area contributed by atoms with E-state index in [1.807, 2.05) is 19.1 Å². The van der Waals surface area contributed by atoms with Crippen LogP contribution < -0.4 is 10.6 Å². The van der Waals surface area contributed by atoms with Crippen molar-refractivity contribution in [3.05, 3.63) is 47.9 Å². The molecule has 0 bridgehead atoms. The molecule has 0 amide bonds. The molecule has 3 heterocycles. The molecule has 2 aromatic heterocycles. The Morgan fingerprint density at radius 2 is 1.81 bits per heavy atom. The second-order valence-corrected chi connectivity index (χ2v) is 6.56. The summed E-state index contributed by atoms with van der Waals surface area (Å²) in [4.78, 5) is 9.19. The quantitative estimate of drug-likeness (QED) is 0.631. The van der Waals surface area contributed by atoms with Gasteiger partial charge in [-0.05, 0) is 44.0 Å². The van der Waals surface area contributed by atoms with E-state index in [1.54, 1.807) is 12.1 Å². The number of hydrogen-bond acceptors (Lipinski definition) is 6. The van der Waals surface area contributed by atoms with Crippen molar-refractivity contribution in [2.45, 2.75) is 25.8 Å². The molecule has 1 fully saturated rings. The second kappa shape index (κ2) is 7.71. The Morgan fingerprint density at radius 3 is 2.52 bits per heavy atom. The average Bonchev–Trinajstić information content (AvgIpc) is 3.07. The number of rotatable bonds is 5. The van der Waals surface area contributed by atoms with Crippen molar-refractivity contribution >= 4 is 17.5 Å². The van der Waals surface area contributed by atoms with E-state index in [9.17, 15) is 4.39 Å². The van der Waals surface area contributed by atoms with Crippen LogP contribution >= 0.6 is 0 Å². The molecular formula is C19H23FN6O. The highest BCUT2D eigenvalue weighted by Gasteiger charge is 2.16. The maximum atomic E-state index is 13.3. The Balaban J connectivity index is 0.00000225. The molecule has 0 unspecified atom stereocenters. The van der Waals surface area contributed by atoms with Crippen LogP contribution in [-0.2, 0) is 4.74 Å². The fourth-order valence-corrected chi connectivity index (χ4v) is 2.98. The van der Waals surface area contributed by atoms with Crippen molar-refractivity contribution in [1.29, 1.82) is 0 Å². The zero-order valence-corrected chi connectivity index (χ0v) is 15.0. The van der Waals surface area contributed by atoms with Crippen LogP contribution in [0.2, 0.25) is 0 Å². The number of hydrogen-bond donors (Lipinski definition) is 3. The van der Waals surface area contributed by atoms with E-state index in [-0.39, 0.29) is 7.24 Å². The van der Waals surface area contributed by atoms with Gasteiger partial charge in [-0.1, -0.05) is 0 Å². The Labute approximate surface area is 157 Å². The van der Waals surface area contributed by atoms with Gasteiger partial charge < -0.3 is 15.4 Å². The molecule has 0 radical (unpaired) electrons. The number of aromatic nitrogens is 4. The number of ether oxygens (including phenoxy) is 1. The predicted octanol–water partition coefficient (Wildman–Crippen LogP) is 3.89.